The van der Waals surface area contributed by atoms with Crippen molar-refractivity contribution in [2.24, 2.45) is 5.92 Å². The smallest absolute Gasteiger partial charge is 0.269 e. The molecule has 1 heterocycles. The fourth-order valence-electron chi connectivity index (χ4n) is 2.79. The second-order valence-electron chi connectivity index (χ2n) is 6.05. The SMILES string of the molecule is COc1ccc(C(=O)NNC(=O)[C@@H]2CC(=O)N(c3ccc(Br)cc3)C2)cc1. The third-order valence-electron chi connectivity index (χ3n) is 4.29. The van der Waals surface area contributed by atoms with Crippen LogP contribution in [-0.2, 0) is 9.59 Å². The number of halogens is 1. The van der Waals surface area contributed by atoms with Gasteiger partial charge in [0.05, 0.1) is 13.0 Å². The van der Waals surface area contributed by atoms with Crippen molar-refractivity contribution in [3.8, 4) is 5.75 Å². The second-order valence-corrected chi connectivity index (χ2v) is 6.97. The van der Waals surface area contributed by atoms with Gasteiger partial charge in [-0.1, -0.05) is 15.9 Å². The molecular weight excluding hydrogens is 414 g/mol. The molecular formula is C19H18BrN3O4. The van der Waals surface area contributed by atoms with E-state index < -0.39 is 17.7 Å². The first-order valence-electron chi connectivity index (χ1n) is 8.28. The number of benzene rings is 2. The predicted molar refractivity (Wildman–Crippen MR) is 103 cm³/mol. The summed E-state index contributed by atoms with van der Waals surface area (Å²) in [6.07, 6.45) is 0.0975. The standard InChI is InChI=1S/C19H18BrN3O4/c1-27-16-8-2-12(3-9-16)18(25)21-22-19(26)13-10-17(24)23(11-13)15-6-4-14(20)5-7-15/h2-9,13H,10-11H2,1H3,(H,21,25)(H,22,26)/t13-/m1/s1. The van der Waals surface area contributed by atoms with Crippen molar-refractivity contribution in [2.75, 3.05) is 18.6 Å². The maximum atomic E-state index is 12.3. The molecule has 1 fully saturated rings. The number of hydrazine groups is 1. The van der Waals surface area contributed by atoms with Crippen LogP contribution in [0.4, 0.5) is 5.69 Å². The van der Waals surface area contributed by atoms with Gasteiger partial charge in [-0.25, -0.2) is 0 Å². The molecule has 7 nitrogen and oxygen atoms in total. The number of nitrogens with zero attached hydrogens (tertiary/aromatic N) is 1. The van der Waals surface area contributed by atoms with Crippen molar-refractivity contribution in [3.05, 3.63) is 58.6 Å². The van der Waals surface area contributed by atoms with Crippen LogP contribution in [0.2, 0.25) is 0 Å². The van der Waals surface area contributed by atoms with Crippen molar-refractivity contribution in [1.29, 1.82) is 0 Å². The van der Waals surface area contributed by atoms with E-state index >= 15 is 0 Å². The van der Waals surface area contributed by atoms with Crippen LogP contribution in [0.1, 0.15) is 16.8 Å². The predicted octanol–water partition coefficient (Wildman–Crippen LogP) is 2.27. The van der Waals surface area contributed by atoms with Gasteiger partial charge in [-0.15, -0.1) is 0 Å². The number of carbonyl (C=O) groups excluding carboxylic acids is 3. The van der Waals surface area contributed by atoms with Crippen LogP contribution in [0, 0.1) is 5.92 Å². The topological polar surface area (TPSA) is 87.7 Å². The molecule has 27 heavy (non-hydrogen) atoms. The minimum Gasteiger partial charge on any atom is -0.497 e. The molecule has 1 aliphatic heterocycles. The van der Waals surface area contributed by atoms with Crippen molar-refractivity contribution >= 4 is 39.3 Å². The fraction of sp³-hybridized carbons (Fsp3) is 0.211. The van der Waals surface area contributed by atoms with E-state index in [-0.39, 0.29) is 18.9 Å². The van der Waals surface area contributed by atoms with E-state index in [1.54, 1.807) is 29.2 Å². The summed E-state index contributed by atoms with van der Waals surface area (Å²) >= 11 is 3.35. The van der Waals surface area contributed by atoms with Crippen molar-refractivity contribution < 1.29 is 19.1 Å². The number of hydrogen-bond donors (Lipinski definition) is 2. The van der Waals surface area contributed by atoms with Gasteiger partial charge in [0, 0.05) is 28.7 Å². The van der Waals surface area contributed by atoms with E-state index in [1.165, 1.54) is 7.11 Å². The summed E-state index contributed by atoms with van der Waals surface area (Å²) in [5.74, 6) is -0.866. The second kappa shape index (κ2) is 8.22. The molecule has 0 bridgehead atoms. The zero-order valence-corrected chi connectivity index (χ0v) is 16.2. The monoisotopic (exact) mass is 431 g/mol. The van der Waals surface area contributed by atoms with Crippen LogP contribution in [0.15, 0.2) is 53.0 Å². The number of ether oxygens (including phenoxy) is 1. The highest BCUT2D eigenvalue weighted by Gasteiger charge is 2.35. The highest BCUT2D eigenvalue weighted by atomic mass is 79.9. The van der Waals surface area contributed by atoms with Gasteiger partial charge >= 0.3 is 0 Å². The molecule has 3 rings (SSSR count). The van der Waals surface area contributed by atoms with E-state index in [2.05, 4.69) is 26.8 Å². The number of rotatable bonds is 4. The number of methoxy groups -OCH3 is 1. The third kappa shape index (κ3) is 4.46. The van der Waals surface area contributed by atoms with Crippen molar-refractivity contribution in [1.82, 2.24) is 10.9 Å². The van der Waals surface area contributed by atoms with Crippen LogP contribution >= 0.6 is 15.9 Å². The zero-order valence-electron chi connectivity index (χ0n) is 14.6. The lowest BCUT2D eigenvalue weighted by atomic mass is 10.1. The Morgan fingerprint density at radius 1 is 1.07 bits per heavy atom. The van der Waals surface area contributed by atoms with Crippen LogP contribution in [-0.4, -0.2) is 31.4 Å². The lowest BCUT2D eigenvalue weighted by molar-refractivity contribution is -0.126. The summed E-state index contributed by atoms with van der Waals surface area (Å²) < 4.78 is 5.95. The van der Waals surface area contributed by atoms with E-state index in [1.807, 2.05) is 24.3 Å². The Balaban J connectivity index is 1.55. The van der Waals surface area contributed by atoms with E-state index in [9.17, 15) is 14.4 Å². The van der Waals surface area contributed by atoms with Crippen LogP contribution in [0.5, 0.6) is 5.75 Å². The molecule has 0 radical (unpaired) electrons. The Bertz CT molecular complexity index is 852. The molecule has 8 heteroatoms. The van der Waals surface area contributed by atoms with Crippen molar-refractivity contribution in [2.45, 2.75) is 6.42 Å². The number of nitrogens with one attached hydrogen (secondary N) is 2. The third-order valence-corrected chi connectivity index (χ3v) is 4.81. The Kier molecular flexibility index (Phi) is 5.75. The Morgan fingerprint density at radius 2 is 1.74 bits per heavy atom. The first-order valence-corrected chi connectivity index (χ1v) is 9.07. The molecule has 1 atom stereocenters. The lowest BCUT2D eigenvalue weighted by Gasteiger charge is -2.17. The molecule has 1 saturated heterocycles. The molecule has 1 aliphatic rings. The average Bonchev–Trinajstić information content (AvgIpc) is 3.08. The lowest BCUT2D eigenvalue weighted by Crippen LogP contribution is -2.45. The van der Waals surface area contributed by atoms with Crippen LogP contribution in [0.3, 0.4) is 0 Å². The van der Waals surface area contributed by atoms with Gasteiger partial charge in [0.2, 0.25) is 11.8 Å². The number of hydrogen-bond acceptors (Lipinski definition) is 4. The van der Waals surface area contributed by atoms with E-state index in [4.69, 9.17) is 4.74 Å². The molecule has 0 spiro atoms. The normalized spacial score (nSPS) is 16.1. The maximum absolute atomic E-state index is 12.3. The molecule has 3 amide bonds. The molecule has 2 aromatic rings. The van der Waals surface area contributed by atoms with Gasteiger partial charge in [0.15, 0.2) is 0 Å². The Hall–Kier alpha value is -2.87. The minimum atomic E-state index is -0.530. The highest BCUT2D eigenvalue weighted by molar-refractivity contribution is 9.10. The average molecular weight is 432 g/mol. The molecule has 2 N–H and O–H groups in total. The molecule has 0 saturated carbocycles. The summed E-state index contributed by atoms with van der Waals surface area (Å²) in [6.45, 7) is 0.269. The number of anilines is 1. The van der Waals surface area contributed by atoms with Crippen LogP contribution in [0.25, 0.3) is 0 Å². The van der Waals surface area contributed by atoms with E-state index in [0.29, 0.717) is 11.3 Å². The highest BCUT2D eigenvalue weighted by Crippen LogP contribution is 2.26. The number of amides is 3. The molecule has 0 unspecified atom stereocenters. The van der Waals surface area contributed by atoms with Crippen LogP contribution < -0.4 is 20.5 Å². The summed E-state index contributed by atoms with van der Waals surface area (Å²) in [6, 6.07) is 13.8. The summed E-state index contributed by atoms with van der Waals surface area (Å²) in [4.78, 5) is 38.2. The molecule has 140 valence electrons. The van der Waals surface area contributed by atoms with E-state index in [0.717, 1.165) is 10.2 Å². The van der Waals surface area contributed by atoms with Gasteiger partial charge in [0.1, 0.15) is 5.75 Å². The minimum absolute atomic E-state index is 0.0975. The van der Waals surface area contributed by atoms with Gasteiger partial charge in [0.25, 0.3) is 5.91 Å². The first-order chi connectivity index (χ1) is 13.0. The van der Waals surface area contributed by atoms with Crippen molar-refractivity contribution in [3.63, 3.8) is 0 Å². The molecule has 0 aliphatic carbocycles. The quantitative estimate of drug-likeness (QED) is 0.726. The largest absolute Gasteiger partial charge is 0.497 e. The first kappa shape index (κ1) is 18.9. The van der Waals surface area contributed by atoms with Gasteiger partial charge in [-0.2, -0.15) is 0 Å². The number of carbonyl (C=O) groups is 3. The fourth-order valence-corrected chi connectivity index (χ4v) is 3.05. The van der Waals surface area contributed by atoms with Gasteiger partial charge < -0.3 is 9.64 Å². The Morgan fingerprint density at radius 3 is 2.37 bits per heavy atom. The Labute approximate surface area is 164 Å². The molecule has 0 aromatic heterocycles. The molecule has 2 aromatic carbocycles. The summed E-state index contributed by atoms with van der Waals surface area (Å²) in [5.41, 5.74) is 5.89. The zero-order chi connectivity index (χ0) is 19.4. The van der Waals surface area contributed by atoms with Gasteiger partial charge in [-0.3, -0.25) is 25.2 Å². The maximum Gasteiger partial charge on any atom is 0.269 e. The van der Waals surface area contributed by atoms with Gasteiger partial charge in [-0.05, 0) is 48.5 Å². The summed E-state index contributed by atoms with van der Waals surface area (Å²) in [5, 5.41) is 0. The summed E-state index contributed by atoms with van der Waals surface area (Å²) in [7, 11) is 1.54.